The molecule has 1 N–H and O–H groups in total. The monoisotopic (exact) mass is 379 g/mol. The molecule has 2 aliphatic rings. The maximum absolute atomic E-state index is 13.3. The molecule has 0 unspecified atom stereocenters. The number of likely N-dealkylation sites (N-methyl/N-ethyl adjacent to an activating group) is 1. The summed E-state index contributed by atoms with van der Waals surface area (Å²) in [5, 5.41) is 2.73. The second kappa shape index (κ2) is 7.88. The SMILES string of the molecule is CN(CC(=O)Nc1cccc(F)c1)c1nc(C2=NC=CCC2)nc2c1CCC2. The Labute approximate surface area is 163 Å². The number of nitrogens with one attached hydrogen (secondary N) is 1. The van der Waals surface area contributed by atoms with Gasteiger partial charge in [-0.2, -0.15) is 0 Å². The van der Waals surface area contributed by atoms with Crippen molar-refractivity contribution in [2.45, 2.75) is 32.1 Å². The highest BCUT2D eigenvalue weighted by Crippen LogP contribution is 2.29. The maximum Gasteiger partial charge on any atom is 0.243 e. The van der Waals surface area contributed by atoms with Crippen LogP contribution in [0.1, 0.15) is 36.3 Å². The van der Waals surface area contributed by atoms with Gasteiger partial charge in [0.25, 0.3) is 0 Å². The van der Waals surface area contributed by atoms with Crippen LogP contribution in [0.4, 0.5) is 15.9 Å². The fourth-order valence-electron chi connectivity index (χ4n) is 3.59. The van der Waals surface area contributed by atoms with Crippen LogP contribution >= 0.6 is 0 Å². The average Bonchev–Trinajstić information content (AvgIpc) is 3.16. The third kappa shape index (κ3) is 3.93. The zero-order valence-electron chi connectivity index (χ0n) is 15.8. The maximum atomic E-state index is 13.3. The normalized spacial score (nSPS) is 15.1. The quantitative estimate of drug-likeness (QED) is 0.866. The van der Waals surface area contributed by atoms with E-state index in [2.05, 4.69) is 10.3 Å². The first-order valence-electron chi connectivity index (χ1n) is 9.48. The first kappa shape index (κ1) is 18.3. The predicted octanol–water partition coefficient (Wildman–Crippen LogP) is 3.28. The summed E-state index contributed by atoms with van der Waals surface area (Å²) in [6.07, 6.45) is 8.44. The summed E-state index contributed by atoms with van der Waals surface area (Å²) >= 11 is 0. The lowest BCUT2D eigenvalue weighted by Gasteiger charge is -2.21. The van der Waals surface area contributed by atoms with Gasteiger partial charge in [-0.05, 0) is 50.3 Å². The van der Waals surface area contributed by atoms with E-state index in [1.165, 1.54) is 12.1 Å². The molecule has 144 valence electrons. The molecule has 7 heteroatoms. The van der Waals surface area contributed by atoms with E-state index in [4.69, 9.17) is 9.97 Å². The van der Waals surface area contributed by atoms with E-state index >= 15 is 0 Å². The summed E-state index contributed by atoms with van der Waals surface area (Å²) in [6.45, 7) is 0.117. The molecule has 0 spiro atoms. The highest BCUT2D eigenvalue weighted by atomic mass is 19.1. The highest BCUT2D eigenvalue weighted by molar-refractivity contribution is 5.99. The van der Waals surface area contributed by atoms with Crippen molar-refractivity contribution in [3.63, 3.8) is 0 Å². The molecule has 0 atom stereocenters. The van der Waals surface area contributed by atoms with Crippen LogP contribution in [0, 0.1) is 5.82 Å². The average molecular weight is 379 g/mol. The van der Waals surface area contributed by atoms with Gasteiger partial charge in [0.2, 0.25) is 5.91 Å². The first-order valence-corrected chi connectivity index (χ1v) is 9.48. The Morgan fingerprint density at radius 1 is 1.25 bits per heavy atom. The summed E-state index contributed by atoms with van der Waals surface area (Å²) in [4.78, 5) is 28.2. The Hall–Kier alpha value is -3.09. The van der Waals surface area contributed by atoms with E-state index < -0.39 is 0 Å². The fourth-order valence-corrected chi connectivity index (χ4v) is 3.59. The van der Waals surface area contributed by atoms with Gasteiger partial charge in [-0.25, -0.2) is 14.4 Å². The summed E-state index contributed by atoms with van der Waals surface area (Å²) in [5.74, 6) is 0.825. The molecule has 2 aromatic rings. The number of aliphatic imine (C=N–C) groups is 1. The fraction of sp³-hybridized carbons (Fsp3) is 0.333. The molecule has 1 amide bonds. The van der Waals surface area contributed by atoms with Crippen molar-refractivity contribution in [3.8, 4) is 0 Å². The van der Waals surface area contributed by atoms with Crippen molar-refractivity contribution in [3.05, 3.63) is 59.4 Å². The van der Waals surface area contributed by atoms with Gasteiger partial charge in [0.15, 0.2) is 5.82 Å². The minimum atomic E-state index is -0.383. The van der Waals surface area contributed by atoms with Crippen LogP contribution in [0.5, 0.6) is 0 Å². The van der Waals surface area contributed by atoms with Crippen LogP contribution in [0.3, 0.4) is 0 Å². The number of aromatic nitrogens is 2. The summed E-state index contributed by atoms with van der Waals surface area (Å²) in [5.41, 5.74) is 3.48. The molecule has 0 saturated carbocycles. The summed E-state index contributed by atoms with van der Waals surface area (Å²) in [6, 6.07) is 5.87. The zero-order chi connectivity index (χ0) is 19.5. The standard InChI is InChI=1S/C21H22FN5O/c1-27(13-19(28)24-15-7-4-6-14(22)12-15)21-16-8-5-10-17(16)25-20(26-21)18-9-2-3-11-23-18/h3-4,6-7,11-12H,2,5,8-10,13H2,1H3,(H,24,28). The van der Waals surface area contributed by atoms with Gasteiger partial charge in [0.05, 0.1) is 12.3 Å². The lowest BCUT2D eigenvalue weighted by molar-refractivity contribution is -0.114. The van der Waals surface area contributed by atoms with Crippen molar-refractivity contribution in [2.24, 2.45) is 4.99 Å². The number of hydrogen-bond donors (Lipinski definition) is 1. The number of hydrogen-bond acceptors (Lipinski definition) is 5. The molecular formula is C21H22FN5O. The smallest absolute Gasteiger partial charge is 0.243 e. The Bertz CT molecular complexity index is 969. The van der Waals surface area contributed by atoms with E-state index in [0.717, 1.165) is 54.9 Å². The van der Waals surface area contributed by atoms with Gasteiger partial charge in [0.1, 0.15) is 11.6 Å². The van der Waals surface area contributed by atoms with E-state index in [0.29, 0.717) is 11.5 Å². The number of carbonyl (C=O) groups is 1. The van der Waals surface area contributed by atoms with Crippen molar-refractivity contribution >= 4 is 23.1 Å². The molecule has 6 nitrogen and oxygen atoms in total. The molecule has 28 heavy (non-hydrogen) atoms. The van der Waals surface area contributed by atoms with E-state index in [-0.39, 0.29) is 18.3 Å². The van der Waals surface area contributed by atoms with Crippen molar-refractivity contribution in [1.82, 2.24) is 9.97 Å². The second-order valence-corrected chi connectivity index (χ2v) is 7.06. The molecule has 2 heterocycles. The largest absolute Gasteiger partial charge is 0.350 e. The number of carbonyl (C=O) groups excluding carboxylic acids is 1. The van der Waals surface area contributed by atoms with Gasteiger partial charge >= 0.3 is 0 Å². The van der Waals surface area contributed by atoms with E-state index in [1.807, 2.05) is 18.0 Å². The Kier molecular flexibility index (Phi) is 5.14. The van der Waals surface area contributed by atoms with Crippen molar-refractivity contribution in [2.75, 3.05) is 23.8 Å². The number of fused-ring (bicyclic) bond motifs is 1. The Morgan fingerprint density at radius 3 is 2.93 bits per heavy atom. The number of nitrogens with zero attached hydrogens (tertiary/aromatic N) is 4. The second-order valence-electron chi connectivity index (χ2n) is 7.06. The number of anilines is 2. The Morgan fingerprint density at radius 2 is 2.14 bits per heavy atom. The lowest BCUT2D eigenvalue weighted by atomic mass is 10.1. The topological polar surface area (TPSA) is 70.5 Å². The molecular weight excluding hydrogens is 357 g/mol. The molecule has 1 aliphatic carbocycles. The Balaban J connectivity index is 1.55. The van der Waals surface area contributed by atoms with Crippen LogP contribution in [0.2, 0.25) is 0 Å². The number of benzene rings is 1. The third-order valence-corrected chi connectivity index (χ3v) is 4.90. The number of amides is 1. The van der Waals surface area contributed by atoms with Gasteiger partial charge in [-0.1, -0.05) is 12.1 Å². The van der Waals surface area contributed by atoms with Crippen LogP contribution in [-0.4, -0.2) is 35.2 Å². The minimum Gasteiger partial charge on any atom is -0.350 e. The molecule has 0 fully saturated rings. The van der Waals surface area contributed by atoms with Gasteiger partial charge < -0.3 is 10.2 Å². The number of rotatable bonds is 5. The zero-order valence-corrected chi connectivity index (χ0v) is 15.8. The van der Waals surface area contributed by atoms with Crippen LogP contribution < -0.4 is 10.2 Å². The number of halogens is 1. The molecule has 1 aromatic heterocycles. The molecule has 1 aliphatic heterocycles. The lowest BCUT2D eigenvalue weighted by Crippen LogP contribution is -2.32. The van der Waals surface area contributed by atoms with Gasteiger partial charge in [-0.15, -0.1) is 0 Å². The highest BCUT2D eigenvalue weighted by Gasteiger charge is 2.24. The van der Waals surface area contributed by atoms with Gasteiger partial charge in [-0.3, -0.25) is 9.79 Å². The van der Waals surface area contributed by atoms with Crippen LogP contribution in [-0.2, 0) is 17.6 Å². The van der Waals surface area contributed by atoms with E-state index in [1.54, 1.807) is 18.3 Å². The molecule has 0 saturated heterocycles. The molecule has 0 radical (unpaired) electrons. The minimum absolute atomic E-state index is 0.117. The predicted molar refractivity (Wildman–Crippen MR) is 107 cm³/mol. The third-order valence-electron chi connectivity index (χ3n) is 4.90. The molecule has 0 bridgehead atoms. The summed E-state index contributed by atoms with van der Waals surface area (Å²) < 4.78 is 13.3. The number of aryl methyl sites for hydroxylation is 1. The van der Waals surface area contributed by atoms with Crippen molar-refractivity contribution in [1.29, 1.82) is 0 Å². The first-order chi connectivity index (χ1) is 13.6. The van der Waals surface area contributed by atoms with Crippen molar-refractivity contribution < 1.29 is 9.18 Å². The van der Waals surface area contributed by atoms with Crippen LogP contribution in [0.25, 0.3) is 0 Å². The molecule has 4 rings (SSSR count). The molecule has 1 aromatic carbocycles. The summed E-state index contributed by atoms with van der Waals surface area (Å²) in [7, 11) is 1.85. The van der Waals surface area contributed by atoms with Gasteiger partial charge in [0, 0.05) is 30.2 Å². The van der Waals surface area contributed by atoms with E-state index in [9.17, 15) is 9.18 Å². The number of allylic oxidation sites excluding steroid dienone is 1. The van der Waals surface area contributed by atoms with Crippen LogP contribution in [0.15, 0.2) is 41.5 Å².